The molecule has 0 bridgehead atoms. The molecular formula is C25H19ClF3NO4S. The number of pyridine rings is 1. The Kier molecular flexibility index (Phi) is 7.02. The van der Waals surface area contributed by atoms with E-state index in [0.717, 1.165) is 6.07 Å². The molecule has 0 fully saturated rings. The monoisotopic (exact) mass is 521 g/mol. The average molecular weight is 522 g/mol. The first-order chi connectivity index (χ1) is 16.6. The van der Waals surface area contributed by atoms with Crippen molar-refractivity contribution in [3.63, 3.8) is 0 Å². The highest BCUT2D eigenvalue weighted by atomic mass is 35.5. The Hall–Kier alpha value is -3.14. The summed E-state index contributed by atoms with van der Waals surface area (Å²) in [5.74, 6) is 0.362. The van der Waals surface area contributed by atoms with Crippen LogP contribution in [0.3, 0.4) is 0 Å². The molecule has 0 radical (unpaired) electrons. The quantitative estimate of drug-likeness (QED) is 0.299. The predicted molar refractivity (Wildman–Crippen MR) is 127 cm³/mol. The van der Waals surface area contributed by atoms with Crippen molar-refractivity contribution in [2.75, 3.05) is 12.4 Å². The minimum absolute atomic E-state index is 0.0532. The smallest absolute Gasteiger partial charge is 0.418 e. The highest BCUT2D eigenvalue weighted by molar-refractivity contribution is 7.91. The fraction of sp³-hybridized carbons (Fsp3) is 0.160. The van der Waals surface area contributed by atoms with Crippen LogP contribution >= 0.6 is 11.6 Å². The van der Waals surface area contributed by atoms with E-state index in [-0.39, 0.29) is 40.3 Å². The highest BCUT2D eigenvalue weighted by Crippen LogP contribution is 2.40. The number of hydrogen-bond donors (Lipinski definition) is 1. The molecule has 0 aliphatic rings. The molecule has 0 amide bonds. The molecule has 182 valence electrons. The average Bonchev–Trinajstić information content (AvgIpc) is 2.83. The number of nitrogens with zero attached hydrogens (tertiary/aromatic N) is 1. The number of halogens is 4. The van der Waals surface area contributed by atoms with Crippen LogP contribution < -0.4 is 4.74 Å². The van der Waals surface area contributed by atoms with Crippen molar-refractivity contribution in [3.05, 3.63) is 83.5 Å². The van der Waals surface area contributed by atoms with E-state index in [2.05, 4.69) is 4.98 Å². The molecule has 35 heavy (non-hydrogen) atoms. The zero-order valence-corrected chi connectivity index (χ0v) is 19.7. The molecule has 1 N–H and O–H groups in total. The van der Waals surface area contributed by atoms with Crippen LogP contribution in [0.4, 0.5) is 13.2 Å². The summed E-state index contributed by atoms with van der Waals surface area (Å²) < 4.78 is 71.2. The standard InChI is InChI=1S/C25H19ClF3NO4S/c26-23-9-8-17(34-16-4-1-5-18(14-16)35(32,33)13-3-12-31)15-21(23)19-10-11-30-24-20(19)6-2-7-22(24)25(27,28)29/h1-2,4-11,14-15,31H,3,12-13H2. The molecule has 4 rings (SSSR count). The largest absolute Gasteiger partial charge is 0.457 e. The lowest BCUT2D eigenvalue weighted by Gasteiger charge is -2.14. The summed E-state index contributed by atoms with van der Waals surface area (Å²) in [6.45, 7) is -0.239. The second-order valence-electron chi connectivity index (χ2n) is 7.67. The third-order valence-corrected chi connectivity index (χ3v) is 7.40. The van der Waals surface area contributed by atoms with Gasteiger partial charge >= 0.3 is 6.18 Å². The Morgan fingerprint density at radius 3 is 2.43 bits per heavy atom. The van der Waals surface area contributed by atoms with Crippen molar-refractivity contribution < 1.29 is 31.4 Å². The number of rotatable bonds is 7. The van der Waals surface area contributed by atoms with E-state index in [0.29, 0.717) is 21.9 Å². The first kappa shape index (κ1) is 25.0. The topological polar surface area (TPSA) is 76.5 Å². The lowest BCUT2D eigenvalue weighted by molar-refractivity contribution is -0.136. The first-order valence-corrected chi connectivity index (χ1v) is 12.5. The summed E-state index contributed by atoms with van der Waals surface area (Å²) in [5, 5.41) is 9.50. The number of benzene rings is 3. The zero-order chi connectivity index (χ0) is 25.2. The number of aliphatic hydroxyl groups excluding tert-OH is 1. The van der Waals surface area contributed by atoms with Crippen LogP contribution in [-0.2, 0) is 16.0 Å². The molecule has 3 aromatic carbocycles. The van der Waals surface area contributed by atoms with E-state index in [1.54, 1.807) is 30.3 Å². The highest BCUT2D eigenvalue weighted by Gasteiger charge is 2.33. The second kappa shape index (κ2) is 9.85. The third kappa shape index (κ3) is 5.42. The molecule has 0 aliphatic carbocycles. The van der Waals surface area contributed by atoms with Gasteiger partial charge in [0.05, 0.1) is 21.7 Å². The fourth-order valence-corrected chi connectivity index (χ4v) is 5.20. The van der Waals surface area contributed by atoms with E-state index in [1.165, 1.54) is 36.5 Å². The Bertz CT molecular complexity index is 1490. The van der Waals surface area contributed by atoms with Crippen LogP contribution in [0, 0.1) is 0 Å². The second-order valence-corrected chi connectivity index (χ2v) is 10.2. The summed E-state index contributed by atoms with van der Waals surface area (Å²) >= 11 is 6.40. The van der Waals surface area contributed by atoms with Gasteiger partial charge in [0, 0.05) is 28.8 Å². The van der Waals surface area contributed by atoms with Crippen LogP contribution in [0.5, 0.6) is 11.5 Å². The van der Waals surface area contributed by atoms with Crippen molar-refractivity contribution in [2.45, 2.75) is 17.5 Å². The molecule has 0 aliphatic heterocycles. The number of aliphatic hydroxyl groups is 1. The number of alkyl halides is 3. The number of ether oxygens (including phenoxy) is 1. The number of aromatic nitrogens is 1. The maximum absolute atomic E-state index is 13.5. The van der Waals surface area contributed by atoms with E-state index in [4.69, 9.17) is 21.4 Å². The maximum atomic E-state index is 13.5. The molecule has 0 spiro atoms. The number of hydrogen-bond acceptors (Lipinski definition) is 5. The van der Waals surface area contributed by atoms with Crippen molar-refractivity contribution >= 4 is 32.3 Å². The van der Waals surface area contributed by atoms with Gasteiger partial charge in [0.25, 0.3) is 0 Å². The lowest BCUT2D eigenvalue weighted by atomic mass is 9.99. The molecular weight excluding hydrogens is 503 g/mol. The number of sulfone groups is 1. The predicted octanol–water partition coefficient (Wildman–Crippen LogP) is 6.52. The van der Waals surface area contributed by atoms with E-state index in [9.17, 15) is 21.6 Å². The lowest BCUT2D eigenvalue weighted by Crippen LogP contribution is -2.08. The summed E-state index contributed by atoms with van der Waals surface area (Å²) in [6, 6.07) is 16.0. The Morgan fingerprint density at radius 2 is 1.69 bits per heavy atom. The van der Waals surface area contributed by atoms with Crippen LogP contribution in [0.2, 0.25) is 5.02 Å². The van der Waals surface area contributed by atoms with Crippen LogP contribution in [-0.4, -0.2) is 30.9 Å². The zero-order valence-electron chi connectivity index (χ0n) is 18.1. The van der Waals surface area contributed by atoms with Gasteiger partial charge in [-0.05, 0) is 60.5 Å². The van der Waals surface area contributed by atoms with Gasteiger partial charge in [0.15, 0.2) is 9.84 Å². The van der Waals surface area contributed by atoms with Crippen LogP contribution in [0.15, 0.2) is 77.8 Å². The van der Waals surface area contributed by atoms with Gasteiger partial charge in [-0.1, -0.05) is 29.8 Å². The van der Waals surface area contributed by atoms with Gasteiger partial charge in [0.2, 0.25) is 0 Å². The van der Waals surface area contributed by atoms with Crippen molar-refractivity contribution in [2.24, 2.45) is 0 Å². The first-order valence-electron chi connectivity index (χ1n) is 10.5. The normalized spacial score (nSPS) is 12.1. The Balaban J connectivity index is 1.73. The summed E-state index contributed by atoms with van der Waals surface area (Å²) in [4.78, 5) is 3.99. The molecule has 0 saturated carbocycles. The van der Waals surface area contributed by atoms with Gasteiger partial charge in [-0.2, -0.15) is 13.2 Å². The molecule has 0 saturated heterocycles. The SMILES string of the molecule is O=S(=O)(CCCO)c1cccc(Oc2ccc(Cl)c(-c3ccnc4c(C(F)(F)F)cccc34)c2)c1. The molecule has 10 heteroatoms. The van der Waals surface area contributed by atoms with E-state index >= 15 is 0 Å². The fourth-order valence-electron chi connectivity index (χ4n) is 3.65. The van der Waals surface area contributed by atoms with E-state index < -0.39 is 21.6 Å². The summed E-state index contributed by atoms with van der Waals surface area (Å²) in [7, 11) is -3.60. The van der Waals surface area contributed by atoms with Gasteiger partial charge in [0.1, 0.15) is 11.5 Å². The molecule has 1 aromatic heterocycles. The number of fused-ring (bicyclic) bond motifs is 1. The van der Waals surface area contributed by atoms with Gasteiger partial charge in [-0.3, -0.25) is 4.98 Å². The van der Waals surface area contributed by atoms with Crippen molar-refractivity contribution in [1.82, 2.24) is 4.98 Å². The molecule has 5 nitrogen and oxygen atoms in total. The maximum Gasteiger partial charge on any atom is 0.418 e. The summed E-state index contributed by atoms with van der Waals surface area (Å²) in [5.41, 5.74) is -0.167. The van der Waals surface area contributed by atoms with Gasteiger partial charge in [-0.25, -0.2) is 8.42 Å². The van der Waals surface area contributed by atoms with Crippen molar-refractivity contribution in [3.8, 4) is 22.6 Å². The minimum Gasteiger partial charge on any atom is -0.457 e. The van der Waals surface area contributed by atoms with Gasteiger partial charge in [-0.15, -0.1) is 0 Å². The Morgan fingerprint density at radius 1 is 0.943 bits per heavy atom. The van der Waals surface area contributed by atoms with Crippen LogP contribution in [0.25, 0.3) is 22.0 Å². The molecule has 1 heterocycles. The van der Waals surface area contributed by atoms with Crippen molar-refractivity contribution in [1.29, 1.82) is 0 Å². The number of para-hydroxylation sites is 1. The third-order valence-electron chi connectivity index (χ3n) is 5.28. The van der Waals surface area contributed by atoms with E-state index in [1.807, 2.05) is 0 Å². The van der Waals surface area contributed by atoms with Crippen LogP contribution in [0.1, 0.15) is 12.0 Å². The Labute approximate surface area is 204 Å². The molecule has 4 aromatic rings. The van der Waals surface area contributed by atoms with Gasteiger partial charge < -0.3 is 9.84 Å². The molecule has 0 unspecified atom stereocenters. The summed E-state index contributed by atoms with van der Waals surface area (Å²) in [6.07, 6.45) is -3.16. The minimum atomic E-state index is -4.57. The molecule has 0 atom stereocenters.